The fourth-order valence-electron chi connectivity index (χ4n) is 1.40. The van der Waals surface area contributed by atoms with E-state index in [2.05, 4.69) is 5.32 Å². The summed E-state index contributed by atoms with van der Waals surface area (Å²) in [6, 6.07) is 5.23. The van der Waals surface area contributed by atoms with E-state index in [1.165, 1.54) is 18.2 Å². The summed E-state index contributed by atoms with van der Waals surface area (Å²) in [5.41, 5.74) is -0.357. The van der Waals surface area contributed by atoms with Crippen LogP contribution >= 0.6 is 11.6 Å². The van der Waals surface area contributed by atoms with E-state index < -0.39 is 16.9 Å². The Hall–Kier alpha value is -2.13. The van der Waals surface area contributed by atoms with Crippen LogP contribution in [0.15, 0.2) is 18.2 Å². The molecule has 6 nitrogen and oxygen atoms in total. The summed E-state index contributed by atoms with van der Waals surface area (Å²) in [5.74, 6) is -0.680. The van der Waals surface area contributed by atoms with E-state index >= 15 is 0 Å². The Morgan fingerprint density at radius 2 is 2.16 bits per heavy atom. The third kappa shape index (κ3) is 3.42. The topological polar surface area (TPSA) is 96.0 Å². The van der Waals surface area contributed by atoms with Crippen LogP contribution in [0.4, 0.5) is 5.69 Å². The number of hydrogen-bond donors (Lipinski definition) is 1. The van der Waals surface area contributed by atoms with Gasteiger partial charge in [-0.1, -0.05) is 31.5 Å². The first-order valence-corrected chi connectivity index (χ1v) is 5.89. The molecule has 100 valence electrons. The van der Waals surface area contributed by atoms with Crippen LogP contribution in [-0.4, -0.2) is 16.9 Å². The number of hydrogen-bond acceptors (Lipinski definition) is 4. The lowest BCUT2D eigenvalue weighted by atomic mass is 10.1. The van der Waals surface area contributed by atoms with Gasteiger partial charge in [0.15, 0.2) is 0 Å². The lowest BCUT2D eigenvalue weighted by molar-refractivity contribution is -0.384. The molecule has 0 bridgehead atoms. The zero-order valence-electron chi connectivity index (χ0n) is 10.4. The molecule has 0 spiro atoms. The summed E-state index contributed by atoms with van der Waals surface area (Å²) in [6.07, 6.45) is 0. The Labute approximate surface area is 115 Å². The first-order valence-electron chi connectivity index (χ1n) is 5.51. The molecule has 0 aliphatic rings. The average Bonchev–Trinajstić information content (AvgIpc) is 2.35. The standard InChI is InChI=1S/C12H12ClN3O3/c1-7(2)9(6-14)15-12(17)8-4-3-5-10(11(8)13)16(18)19/h3-5,7,9H,1-2H3,(H,15,17). The van der Waals surface area contributed by atoms with Gasteiger partial charge < -0.3 is 5.32 Å². The Balaban J connectivity index is 3.05. The van der Waals surface area contributed by atoms with Crippen LogP contribution < -0.4 is 5.32 Å². The minimum Gasteiger partial charge on any atom is -0.336 e. The highest BCUT2D eigenvalue weighted by molar-refractivity contribution is 6.35. The number of carbonyl (C=O) groups excluding carboxylic acids is 1. The summed E-state index contributed by atoms with van der Waals surface area (Å²) < 4.78 is 0. The molecule has 0 radical (unpaired) electrons. The summed E-state index contributed by atoms with van der Waals surface area (Å²) in [5, 5.41) is 21.9. The highest BCUT2D eigenvalue weighted by atomic mass is 35.5. The molecule has 1 N–H and O–H groups in total. The van der Waals surface area contributed by atoms with Crippen LogP contribution in [-0.2, 0) is 0 Å². The first-order chi connectivity index (χ1) is 8.88. The van der Waals surface area contributed by atoms with Gasteiger partial charge in [0.2, 0.25) is 0 Å². The van der Waals surface area contributed by atoms with E-state index in [4.69, 9.17) is 16.9 Å². The highest BCUT2D eigenvalue weighted by Gasteiger charge is 2.22. The van der Waals surface area contributed by atoms with Gasteiger partial charge in [0.05, 0.1) is 16.6 Å². The van der Waals surface area contributed by atoms with Crippen molar-refractivity contribution in [2.75, 3.05) is 0 Å². The molecule has 0 aliphatic carbocycles. The van der Waals surface area contributed by atoms with E-state index in [0.717, 1.165) is 0 Å². The molecule has 1 amide bonds. The molecule has 7 heteroatoms. The third-order valence-electron chi connectivity index (χ3n) is 2.51. The number of amides is 1. The average molecular weight is 282 g/mol. The molecule has 0 saturated heterocycles. The van der Waals surface area contributed by atoms with Crippen molar-refractivity contribution in [3.63, 3.8) is 0 Å². The van der Waals surface area contributed by atoms with Crippen LogP contribution in [0.1, 0.15) is 24.2 Å². The quantitative estimate of drug-likeness (QED) is 0.677. The fourth-order valence-corrected chi connectivity index (χ4v) is 1.68. The van der Waals surface area contributed by atoms with Crippen molar-refractivity contribution in [2.24, 2.45) is 5.92 Å². The van der Waals surface area contributed by atoms with Crippen molar-refractivity contribution < 1.29 is 9.72 Å². The summed E-state index contributed by atoms with van der Waals surface area (Å²) in [6.45, 7) is 3.56. The van der Waals surface area contributed by atoms with E-state index in [9.17, 15) is 14.9 Å². The lowest BCUT2D eigenvalue weighted by Gasteiger charge is -2.15. The number of nitrogens with one attached hydrogen (secondary N) is 1. The van der Waals surface area contributed by atoms with Gasteiger partial charge in [-0.2, -0.15) is 5.26 Å². The molecule has 1 unspecified atom stereocenters. The van der Waals surface area contributed by atoms with Crippen LogP contribution in [0.5, 0.6) is 0 Å². The van der Waals surface area contributed by atoms with Gasteiger partial charge in [-0.3, -0.25) is 14.9 Å². The number of nitro groups is 1. The Kier molecular flexibility index (Phi) is 4.84. The Morgan fingerprint density at radius 1 is 1.53 bits per heavy atom. The number of rotatable bonds is 4. The third-order valence-corrected chi connectivity index (χ3v) is 2.91. The molecule has 0 aliphatic heterocycles. The second kappa shape index (κ2) is 6.16. The van der Waals surface area contributed by atoms with E-state index in [0.29, 0.717) is 0 Å². The Bertz CT molecular complexity index is 552. The van der Waals surface area contributed by atoms with Crippen molar-refractivity contribution >= 4 is 23.2 Å². The molecule has 0 saturated carbocycles. The number of benzene rings is 1. The SMILES string of the molecule is CC(C)C(C#N)NC(=O)c1cccc([N+](=O)[O-])c1Cl. The molecular weight excluding hydrogens is 270 g/mol. The van der Waals surface area contributed by atoms with Crippen LogP contribution in [0.25, 0.3) is 0 Å². The van der Waals surface area contributed by atoms with Crippen LogP contribution in [0.2, 0.25) is 5.02 Å². The predicted octanol–water partition coefficient (Wildman–Crippen LogP) is 2.53. The summed E-state index contributed by atoms with van der Waals surface area (Å²) in [7, 11) is 0. The molecule has 19 heavy (non-hydrogen) atoms. The fraction of sp³-hybridized carbons (Fsp3) is 0.333. The van der Waals surface area contributed by atoms with Crippen LogP contribution in [0.3, 0.4) is 0 Å². The molecule has 0 aromatic heterocycles. The summed E-state index contributed by atoms with van der Waals surface area (Å²) >= 11 is 5.82. The van der Waals surface area contributed by atoms with Crippen molar-refractivity contribution in [2.45, 2.75) is 19.9 Å². The van der Waals surface area contributed by atoms with Gasteiger partial charge in [-0.25, -0.2) is 0 Å². The Morgan fingerprint density at radius 3 is 2.63 bits per heavy atom. The zero-order chi connectivity index (χ0) is 14.6. The maximum Gasteiger partial charge on any atom is 0.288 e. The zero-order valence-corrected chi connectivity index (χ0v) is 11.1. The molecule has 0 heterocycles. The second-order valence-corrected chi connectivity index (χ2v) is 4.60. The molecule has 1 rings (SSSR count). The van der Waals surface area contributed by atoms with Gasteiger partial charge in [0, 0.05) is 6.07 Å². The van der Waals surface area contributed by atoms with Gasteiger partial charge in [0.25, 0.3) is 11.6 Å². The maximum atomic E-state index is 11.9. The summed E-state index contributed by atoms with van der Waals surface area (Å²) in [4.78, 5) is 22.0. The number of nitriles is 1. The number of carbonyl (C=O) groups is 1. The molecule has 1 aromatic carbocycles. The van der Waals surface area contributed by atoms with Crippen molar-refractivity contribution in [1.29, 1.82) is 5.26 Å². The molecular formula is C12H12ClN3O3. The van der Waals surface area contributed by atoms with Gasteiger partial charge in [0.1, 0.15) is 11.1 Å². The van der Waals surface area contributed by atoms with Crippen LogP contribution in [0, 0.1) is 27.4 Å². The van der Waals surface area contributed by atoms with Gasteiger partial charge in [-0.15, -0.1) is 0 Å². The highest BCUT2D eigenvalue weighted by Crippen LogP contribution is 2.27. The molecule has 1 atom stereocenters. The first kappa shape index (κ1) is 14.9. The van der Waals surface area contributed by atoms with E-state index in [-0.39, 0.29) is 22.2 Å². The van der Waals surface area contributed by atoms with E-state index in [1.54, 1.807) is 13.8 Å². The second-order valence-electron chi connectivity index (χ2n) is 4.22. The minimum atomic E-state index is -0.678. The van der Waals surface area contributed by atoms with Crippen molar-refractivity contribution in [3.8, 4) is 6.07 Å². The number of halogens is 1. The molecule has 0 fully saturated rings. The smallest absolute Gasteiger partial charge is 0.288 e. The lowest BCUT2D eigenvalue weighted by Crippen LogP contribution is -2.37. The van der Waals surface area contributed by atoms with E-state index in [1.807, 2.05) is 6.07 Å². The van der Waals surface area contributed by atoms with Gasteiger partial charge >= 0.3 is 0 Å². The number of nitro benzene ring substituents is 1. The normalized spacial score (nSPS) is 11.7. The largest absolute Gasteiger partial charge is 0.336 e. The maximum absolute atomic E-state index is 11.9. The van der Waals surface area contributed by atoms with Crippen molar-refractivity contribution in [3.05, 3.63) is 38.9 Å². The number of nitrogens with zero attached hydrogens (tertiary/aromatic N) is 2. The van der Waals surface area contributed by atoms with Crippen molar-refractivity contribution in [1.82, 2.24) is 5.32 Å². The molecule has 1 aromatic rings. The monoisotopic (exact) mass is 281 g/mol. The predicted molar refractivity (Wildman–Crippen MR) is 69.8 cm³/mol. The van der Waals surface area contributed by atoms with Gasteiger partial charge in [-0.05, 0) is 12.0 Å². The minimum absolute atomic E-state index is 0.0169.